The van der Waals surface area contributed by atoms with Gasteiger partial charge in [0.2, 0.25) is 0 Å². The Morgan fingerprint density at radius 2 is 2.12 bits per heavy atom. The second-order valence-corrected chi connectivity index (χ2v) is 8.49. The number of rotatable bonds is 10. The van der Waals surface area contributed by atoms with Crippen LogP contribution in [0.2, 0.25) is 0 Å². The Bertz CT molecular complexity index is 1030. The Morgan fingerprint density at radius 1 is 1.27 bits per heavy atom. The molecule has 1 unspecified atom stereocenters. The number of ether oxygens (including phenoxy) is 1. The molecule has 5 nitrogen and oxygen atoms in total. The predicted molar refractivity (Wildman–Crippen MR) is 142 cm³/mol. The van der Waals surface area contributed by atoms with E-state index in [0.29, 0.717) is 5.92 Å². The van der Waals surface area contributed by atoms with E-state index >= 15 is 0 Å². The summed E-state index contributed by atoms with van der Waals surface area (Å²) in [5.41, 5.74) is 6.35. The number of hydrogen-bond acceptors (Lipinski definition) is 5. The molecule has 1 aliphatic heterocycles. The molecule has 1 N–H and O–H groups in total. The molecule has 1 aromatic carbocycles. The number of nitrogens with zero attached hydrogens (tertiary/aromatic N) is 3. The lowest BCUT2D eigenvalue weighted by Gasteiger charge is -2.16. The SMILES string of the molecule is C=C/C(=C\N(C)C)c1cccc(-c2ccc(C(/C=N\C)=C/CC)c(NCC3CCOC3)n2)c1. The molecule has 1 atom stereocenters. The second-order valence-electron chi connectivity index (χ2n) is 8.49. The van der Waals surface area contributed by atoms with E-state index in [0.717, 1.165) is 71.9 Å². The average Bonchev–Trinajstić information content (AvgIpc) is 3.34. The third-order valence-electron chi connectivity index (χ3n) is 5.59. The van der Waals surface area contributed by atoms with Gasteiger partial charge < -0.3 is 15.0 Å². The fourth-order valence-corrected chi connectivity index (χ4v) is 3.95. The van der Waals surface area contributed by atoms with Crippen LogP contribution in [-0.2, 0) is 4.74 Å². The van der Waals surface area contributed by atoms with E-state index in [1.54, 1.807) is 7.05 Å². The summed E-state index contributed by atoms with van der Waals surface area (Å²) in [7, 11) is 5.84. The van der Waals surface area contributed by atoms with Gasteiger partial charge in [-0.15, -0.1) is 0 Å². The molecule has 0 bridgehead atoms. The van der Waals surface area contributed by atoms with Gasteiger partial charge in [0.1, 0.15) is 5.82 Å². The number of hydrogen-bond donors (Lipinski definition) is 1. The molecule has 1 saturated heterocycles. The first-order valence-electron chi connectivity index (χ1n) is 11.6. The van der Waals surface area contributed by atoms with Crippen molar-refractivity contribution in [2.45, 2.75) is 19.8 Å². The maximum atomic E-state index is 5.56. The lowest BCUT2D eigenvalue weighted by Crippen LogP contribution is -2.16. The predicted octanol–water partition coefficient (Wildman–Crippen LogP) is 5.78. The highest BCUT2D eigenvalue weighted by Gasteiger charge is 2.17. The molecule has 5 heteroatoms. The van der Waals surface area contributed by atoms with Gasteiger partial charge in [-0.3, -0.25) is 4.99 Å². The van der Waals surface area contributed by atoms with Crippen molar-refractivity contribution in [2.75, 3.05) is 46.2 Å². The molecule has 2 heterocycles. The Kier molecular flexibility index (Phi) is 9.02. The summed E-state index contributed by atoms with van der Waals surface area (Å²) < 4.78 is 5.56. The smallest absolute Gasteiger partial charge is 0.134 e. The van der Waals surface area contributed by atoms with Crippen molar-refractivity contribution < 1.29 is 4.74 Å². The topological polar surface area (TPSA) is 49.8 Å². The van der Waals surface area contributed by atoms with E-state index in [9.17, 15) is 0 Å². The van der Waals surface area contributed by atoms with Gasteiger partial charge in [0.25, 0.3) is 0 Å². The summed E-state index contributed by atoms with van der Waals surface area (Å²) in [4.78, 5) is 11.4. The number of allylic oxidation sites excluding steroid dienone is 4. The monoisotopic (exact) mass is 444 g/mol. The van der Waals surface area contributed by atoms with E-state index in [1.807, 2.05) is 31.3 Å². The van der Waals surface area contributed by atoms with Crippen molar-refractivity contribution >= 4 is 23.2 Å². The highest BCUT2D eigenvalue weighted by Crippen LogP contribution is 2.29. The van der Waals surface area contributed by atoms with Crippen molar-refractivity contribution in [3.05, 3.63) is 72.5 Å². The van der Waals surface area contributed by atoms with Gasteiger partial charge in [0, 0.05) is 63.8 Å². The quantitative estimate of drug-likeness (QED) is 0.373. The Balaban J connectivity index is 2.00. The summed E-state index contributed by atoms with van der Waals surface area (Å²) in [6.45, 7) is 8.62. The minimum absolute atomic E-state index is 0.511. The lowest BCUT2D eigenvalue weighted by atomic mass is 10.0. The Hall–Kier alpha value is -3.18. The minimum atomic E-state index is 0.511. The lowest BCUT2D eigenvalue weighted by molar-refractivity contribution is 0.187. The first kappa shape index (κ1) is 24.5. The first-order chi connectivity index (χ1) is 16.0. The minimum Gasteiger partial charge on any atom is -0.383 e. The standard InChI is InChI=1S/C28H36N4O/c1-6-9-25(18-29-3)26-12-13-27(31-28(26)30-17-21-14-15-33-20-21)24-11-8-10-23(16-24)22(7-2)19-32(4)5/h7-13,16,18-19,21H,2,6,14-15,17,20H2,1,3-5H3,(H,30,31)/b22-19+,25-9+,29-18-. The number of nitrogens with one attached hydrogen (secondary N) is 1. The number of aliphatic imine (C=N–C) groups is 1. The Labute approximate surface area is 198 Å². The zero-order chi connectivity index (χ0) is 23.6. The van der Waals surface area contributed by atoms with Gasteiger partial charge in [-0.25, -0.2) is 4.98 Å². The van der Waals surface area contributed by atoms with Crippen LogP contribution >= 0.6 is 0 Å². The van der Waals surface area contributed by atoms with Gasteiger partial charge in [-0.1, -0.05) is 43.9 Å². The van der Waals surface area contributed by atoms with Crippen LogP contribution in [0.3, 0.4) is 0 Å². The van der Waals surface area contributed by atoms with E-state index < -0.39 is 0 Å². The molecule has 174 valence electrons. The van der Waals surface area contributed by atoms with Crippen molar-refractivity contribution in [2.24, 2.45) is 10.9 Å². The van der Waals surface area contributed by atoms with Crippen LogP contribution in [-0.4, -0.2) is 57.0 Å². The molecule has 1 aliphatic rings. The van der Waals surface area contributed by atoms with Gasteiger partial charge in [-0.05, 0) is 47.8 Å². The molecule has 2 aromatic rings. The van der Waals surface area contributed by atoms with Crippen LogP contribution in [0.5, 0.6) is 0 Å². The summed E-state index contributed by atoms with van der Waals surface area (Å²) in [6.07, 6.45) is 10.1. The van der Waals surface area contributed by atoms with Gasteiger partial charge >= 0.3 is 0 Å². The molecule has 1 fully saturated rings. The Morgan fingerprint density at radius 3 is 2.79 bits per heavy atom. The normalized spacial score (nSPS) is 16.9. The zero-order valence-corrected chi connectivity index (χ0v) is 20.3. The highest BCUT2D eigenvalue weighted by molar-refractivity contribution is 6.11. The summed E-state index contributed by atoms with van der Waals surface area (Å²) in [6, 6.07) is 12.7. The molecule has 3 rings (SSSR count). The summed E-state index contributed by atoms with van der Waals surface area (Å²) in [5.74, 6) is 1.40. The maximum Gasteiger partial charge on any atom is 0.134 e. The van der Waals surface area contributed by atoms with Crippen LogP contribution in [0.15, 0.2) is 66.3 Å². The number of aromatic nitrogens is 1. The van der Waals surface area contributed by atoms with E-state index in [-0.39, 0.29) is 0 Å². The van der Waals surface area contributed by atoms with Crippen LogP contribution < -0.4 is 5.32 Å². The maximum absolute atomic E-state index is 5.56. The largest absolute Gasteiger partial charge is 0.383 e. The third-order valence-corrected chi connectivity index (χ3v) is 5.59. The molecule has 0 radical (unpaired) electrons. The molecule has 0 saturated carbocycles. The molecule has 0 amide bonds. The summed E-state index contributed by atoms with van der Waals surface area (Å²) in [5, 5.41) is 3.61. The molecular formula is C28H36N4O. The van der Waals surface area contributed by atoms with E-state index in [1.165, 1.54) is 0 Å². The summed E-state index contributed by atoms with van der Waals surface area (Å²) >= 11 is 0. The molecular weight excluding hydrogens is 408 g/mol. The second kappa shape index (κ2) is 12.2. The zero-order valence-electron chi connectivity index (χ0n) is 20.3. The molecule has 1 aromatic heterocycles. The molecule has 0 aliphatic carbocycles. The van der Waals surface area contributed by atoms with Gasteiger partial charge in [-0.2, -0.15) is 0 Å². The fraction of sp³-hybridized carbons (Fsp3) is 0.357. The van der Waals surface area contributed by atoms with E-state index in [4.69, 9.17) is 9.72 Å². The molecule has 0 spiro atoms. The van der Waals surface area contributed by atoms with Gasteiger partial charge in [0.05, 0.1) is 12.3 Å². The number of pyridine rings is 1. The van der Waals surface area contributed by atoms with Crippen LogP contribution in [0, 0.1) is 5.92 Å². The van der Waals surface area contributed by atoms with Crippen LogP contribution in [0.4, 0.5) is 5.82 Å². The third kappa shape index (κ3) is 6.65. The van der Waals surface area contributed by atoms with Crippen LogP contribution in [0.1, 0.15) is 30.9 Å². The van der Waals surface area contributed by atoms with E-state index in [2.05, 4.69) is 72.5 Å². The van der Waals surface area contributed by atoms with Crippen molar-refractivity contribution in [3.63, 3.8) is 0 Å². The first-order valence-corrected chi connectivity index (χ1v) is 11.6. The molecule has 33 heavy (non-hydrogen) atoms. The highest BCUT2D eigenvalue weighted by atomic mass is 16.5. The number of benzene rings is 1. The van der Waals surface area contributed by atoms with Crippen molar-refractivity contribution in [1.29, 1.82) is 0 Å². The average molecular weight is 445 g/mol. The van der Waals surface area contributed by atoms with Gasteiger partial charge in [0.15, 0.2) is 0 Å². The van der Waals surface area contributed by atoms with Crippen molar-refractivity contribution in [3.8, 4) is 11.3 Å². The van der Waals surface area contributed by atoms with Crippen molar-refractivity contribution in [1.82, 2.24) is 9.88 Å². The fourth-order valence-electron chi connectivity index (χ4n) is 3.95. The van der Waals surface area contributed by atoms with Crippen LogP contribution in [0.25, 0.3) is 22.4 Å². The number of anilines is 1.